The number of fused-ring (bicyclic) bond motifs is 1. The Morgan fingerprint density at radius 3 is 2.15 bits per heavy atom. The van der Waals surface area contributed by atoms with Gasteiger partial charge in [0.05, 0.1) is 15.4 Å². The highest BCUT2D eigenvalue weighted by molar-refractivity contribution is 7.89. The number of azo groups is 1. The fourth-order valence-corrected chi connectivity index (χ4v) is 5.90. The maximum Gasteiger partial charge on any atom is 0.270 e. The minimum absolute atomic E-state index is 0.0479. The topological polar surface area (TPSA) is 188 Å². The summed E-state index contributed by atoms with van der Waals surface area (Å²) in [5.74, 6) is -0.256. The molecule has 0 saturated carbocycles. The van der Waals surface area contributed by atoms with Crippen LogP contribution in [0.5, 0.6) is 5.88 Å². The number of aromatic nitrogens is 1. The molecule has 0 radical (unpaired) electrons. The molecule has 5 rings (SSSR count). The normalized spacial score (nSPS) is 14.7. The largest absolute Gasteiger partial charge is 0.493 e. The van der Waals surface area contributed by atoms with Crippen molar-refractivity contribution in [3.63, 3.8) is 0 Å². The number of nitro groups is 2. The first-order valence-electron chi connectivity index (χ1n) is 11.6. The van der Waals surface area contributed by atoms with Crippen molar-refractivity contribution in [2.75, 3.05) is 31.1 Å². The van der Waals surface area contributed by atoms with E-state index in [4.69, 9.17) is 0 Å². The lowest BCUT2D eigenvalue weighted by atomic mass is 10.2. The molecule has 1 fully saturated rings. The molecule has 0 aliphatic carbocycles. The lowest BCUT2D eigenvalue weighted by Gasteiger charge is -2.35. The molecule has 14 nitrogen and oxygen atoms in total. The molecule has 200 valence electrons. The molecule has 1 saturated heterocycles. The molecule has 0 atom stereocenters. The summed E-state index contributed by atoms with van der Waals surface area (Å²) in [6, 6.07) is 16.2. The van der Waals surface area contributed by atoms with E-state index < -0.39 is 25.6 Å². The molecular formula is C24H21N7O7S. The zero-order valence-electron chi connectivity index (χ0n) is 20.2. The maximum absolute atomic E-state index is 13.6. The molecule has 39 heavy (non-hydrogen) atoms. The zero-order valence-corrected chi connectivity index (χ0v) is 21.0. The van der Waals surface area contributed by atoms with Crippen LogP contribution in [0.3, 0.4) is 0 Å². The minimum Gasteiger partial charge on any atom is -0.493 e. The van der Waals surface area contributed by atoms with Crippen molar-refractivity contribution in [1.82, 2.24) is 9.29 Å². The second-order valence-corrected chi connectivity index (χ2v) is 10.5. The highest BCUT2D eigenvalue weighted by atomic mass is 32.2. The first kappa shape index (κ1) is 25.7. The SMILES string of the molecule is O=[N+]([O-])c1ccc(N2CCN(S(=O)(=O)c3cc([N+](=O)[O-])ccc3N=Nc3c(O)[nH]c4ccccc34)CC2)cc1. The van der Waals surface area contributed by atoms with Crippen LogP contribution in [0.4, 0.5) is 28.4 Å². The Labute approximate surface area is 221 Å². The van der Waals surface area contributed by atoms with E-state index in [1.165, 1.54) is 22.5 Å². The van der Waals surface area contributed by atoms with Crippen LogP contribution in [-0.2, 0) is 10.0 Å². The van der Waals surface area contributed by atoms with Crippen LogP contribution >= 0.6 is 0 Å². The number of non-ortho nitro benzene ring substituents is 2. The number of nitrogens with zero attached hydrogens (tertiary/aromatic N) is 6. The number of aromatic hydroxyl groups is 1. The number of hydrogen-bond acceptors (Lipinski definition) is 10. The molecule has 0 spiro atoms. The highest BCUT2D eigenvalue weighted by Gasteiger charge is 2.32. The summed E-state index contributed by atoms with van der Waals surface area (Å²) in [6.45, 7) is 0.738. The van der Waals surface area contributed by atoms with Gasteiger partial charge in [-0.3, -0.25) is 20.2 Å². The number of nitro benzene ring substituents is 2. The number of benzene rings is 3. The van der Waals surface area contributed by atoms with Crippen LogP contribution in [0.1, 0.15) is 0 Å². The third kappa shape index (κ3) is 4.99. The van der Waals surface area contributed by atoms with Gasteiger partial charge in [-0.2, -0.15) is 4.31 Å². The van der Waals surface area contributed by atoms with Crippen LogP contribution in [-0.4, -0.2) is 58.8 Å². The van der Waals surface area contributed by atoms with Crippen molar-refractivity contribution in [2.24, 2.45) is 10.2 Å². The number of rotatable bonds is 7. The minimum atomic E-state index is -4.23. The lowest BCUT2D eigenvalue weighted by molar-refractivity contribution is -0.385. The second kappa shape index (κ2) is 10.1. The summed E-state index contributed by atoms with van der Waals surface area (Å²) in [5, 5.41) is 41.3. The fraction of sp³-hybridized carbons (Fsp3) is 0.167. The molecule has 1 aromatic heterocycles. The number of para-hydroxylation sites is 1. The smallest absolute Gasteiger partial charge is 0.270 e. The van der Waals surface area contributed by atoms with Crippen LogP contribution in [0.15, 0.2) is 81.9 Å². The molecule has 0 bridgehead atoms. The van der Waals surface area contributed by atoms with Gasteiger partial charge in [0.1, 0.15) is 10.6 Å². The van der Waals surface area contributed by atoms with Gasteiger partial charge in [0.2, 0.25) is 15.9 Å². The third-order valence-corrected chi connectivity index (χ3v) is 8.28. The van der Waals surface area contributed by atoms with Crippen LogP contribution < -0.4 is 4.90 Å². The Hall–Kier alpha value is -4.89. The van der Waals surface area contributed by atoms with Gasteiger partial charge in [-0.1, -0.05) is 18.2 Å². The van der Waals surface area contributed by atoms with E-state index in [2.05, 4.69) is 15.2 Å². The molecule has 2 N–H and O–H groups in total. The van der Waals surface area contributed by atoms with Crippen LogP contribution in [0, 0.1) is 20.2 Å². The first-order valence-corrected chi connectivity index (χ1v) is 13.1. The van der Waals surface area contributed by atoms with Crippen molar-refractivity contribution in [2.45, 2.75) is 4.90 Å². The maximum atomic E-state index is 13.6. The standard InChI is InChI=1S/C24H21N7O7S/c32-24-23(19-3-1-2-4-20(19)25-24)27-26-21-10-9-18(31(35)36)15-22(21)39(37,38)29-13-11-28(12-14-29)16-5-7-17(8-6-16)30(33)34/h1-10,15,25,32H,11-14H2. The predicted molar refractivity (Wildman–Crippen MR) is 141 cm³/mol. The molecule has 1 aliphatic rings. The third-order valence-electron chi connectivity index (χ3n) is 6.35. The van der Waals surface area contributed by atoms with Crippen LogP contribution in [0.25, 0.3) is 10.9 Å². The fourth-order valence-electron chi connectivity index (χ4n) is 4.33. The molecule has 0 unspecified atom stereocenters. The van der Waals surface area contributed by atoms with Gasteiger partial charge < -0.3 is 15.0 Å². The van der Waals surface area contributed by atoms with Crippen molar-refractivity contribution in [1.29, 1.82) is 0 Å². The number of hydrogen-bond donors (Lipinski definition) is 2. The molecule has 0 amide bonds. The van der Waals surface area contributed by atoms with E-state index >= 15 is 0 Å². The van der Waals surface area contributed by atoms with E-state index in [-0.39, 0.29) is 40.9 Å². The van der Waals surface area contributed by atoms with Gasteiger partial charge in [0.15, 0.2) is 5.69 Å². The highest BCUT2D eigenvalue weighted by Crippen LogP contribution is 2.38. The number of nitrogens with one attached hydrogen (secondary N) is 1. The number of aromatic amines is 1. The monoisotopic (exact) mass is 551 g/mol. The Bertz CT molecular complexity index is 1710. The Morgan fingerprint density at radius 1 is 0.846 bits per heavy atom. The summed E-state index contributed by atoms with van der Waals surface area (Å²) in [5.41, 5.74) is 0.819. The van der Waals surface area contributed by atoms with Gasteiger partial charge in [-0.15, -0.1) is 10.2 Å². The van der Waals surface area contributed by atoms with E-state index in [0.29, 0.717) is 29.7 Å². The predicted octanol–water partition coefficient (Wildman–Crippen LogP) is 4.62. The quantitative estimate of drug-likeness (QED) is 0.189. The Kier molecular flexibility index (Phi) is 6.67. The average molecular weight is 552 g/mol. The average Bonchev–Trinajstić information content (AvgIpc) is 3.26. The number of sulfonamides is 1. The first-order chi connectivity index (χ1) is 18.6. The van der Waals surface area contributed by atoms with Gasteiger partial charge in [0.25, 0.3) is 11.4 Å². The van der Waals surface area contributed by atoms with Gasteiger partial charge >= 0.3 is 0 Å². The van der Waals surface area contributed by atoms with Gasteiger partial charge in [-0.25, -0.2) is 8.42 Å². The van der Waals surface area contributed by atoms with E-state index in [9.17, 15) is 33.8 Å². The summed E-state index contributed by atoms with van der Waals surface area (Å²) >= 11 is 0. The summed E-state index contributed by atoms with van der Waals surface area (Å²) < 4.78 is 28.5. The number of anilines is 1. The van der Waals surface area contributed by atoms with Gasteiger partial charge in [0, 0.05) is 61.5 Å². The van der Waals surface area contributed by atoms with Crippen LogP contribution in [0.2, 0.25) is 0 Å². The van der Waals surface area contributed by atoms with E-state index in [0.717, 1.165) is 12.1 Å². The number of H-pyrrole nitrogens is 1. The Balaban J connectivity index is 1.43. The number of piperazine rings is 1. The molecular weight excluding hydrogens is 530 g/mol. The molecule has 2 heterocycles. The summed E-state index contributed by atoms with van der Waals surface area (Å²) in [6.07, 6.45) is 0. The second-order valence-electron chi connectivity index (χ2n) is 8.64. The van der Waals surface area contributed by atoms with Crippen molar-refractivity contribution in [3.05, 3.63) is 87.0 Å². The molecule has 1 aliphatic heterocycles. The summed E-state index contributed by atoms with van der Waals surface area (Å²) in [7, 11) is -4.23. The van der Waals surface area contributed by atoms with E-state index in [1.54, 1.807) is 36.4 Å². The van der Waals surface area contributed by atoms with Crippen molar-refractivity contribution in [3.8, 4) is 5.88 Å². The lowest BCUT2D eigenvalue weighted by Crippen LogP contribution is -2.48. The zero-order chi connectivity index (χ0) is 27.7. The Morgan fingerprint density at radius 2 is 1.49 bits per heavy atom. The van der Waals surface area contributed by atoms with Crippen molar-refractivity contribution >= 4 is 49.4 Å². The molecule has 4 aromatic rings. The van der Waals surface area contributed by atoms with Crippen molar-refractivity contribution < 1.29 is 23.4 Å². The molecule has 15 heteroatoms. The van der Waals surface area contributed by atoms with E-state index in [1.807, 2.05) is 4.90 Å². The van der Waals surface area contributed by atoms with Gasteiger partial charge in [-0.05, 0) is 24.3 Å². The summed E-state index contributed by atoms with van der Waals surface area (Å²) in [4.78, 5) is 25.4. The molecule has 3 aromatic carbocycles.